The summed E-state index contributed by atoms with van der Waals surface area (Å²) < 4.78 is 0. The Bertz CT molecular complexity index is 521. The van der Waals surface area contributed by atoms with E-state index in [4.69, 9.17) is 10.4 Å². The molecule has 1 unspecified atom stereocenters. The summed E-state index contributed by atoms with van der Waals surface area (Å²) in [4.78, 5) is 20.6. The van der Waals surface area contributed by atoms with Gasteiger partial charge in [-0.2, -0.15) is 5.26 Å². The van der Waals surface area contributed by atoms with Crippen LogP contribution in [0.3, 0.4) is 0 Å². The molecule has 0 amide bonds. The molecule has 0 aliphatic carbocycles. The van der Waals surface area contributed by atoms with Crippen LogP contribution in [0.15, 0.2) is 18.2 Å². The van der Waals surface area contributed by atoms with E-state index in [0.29, 0.717) is 5.56 Å². The van der Waals surface area contributed by atoms with Crippen LogP contribution in [-0.4, -0.2) is 21.1 Å². The summed E-state index contributed by atoms with van der Waals surface area (Å²) in [6, 6.07) is 5.48. The third-order valence-electron chi connectivity index (χ3n) is 2.37. The molecule has 0 aliphatic heterocycles. The van der Waals surface area contributed by atoms with Crippen LogP contribution in [0, 0.1) is 21.4 Å². The molecule has 1 aromatic rings. The number of nitriles is 1. The van der Waals surface area contributed by atoms with Crippen LogP contribution in [0.4, 0.5) is 5.69 Å². The Balaban J connectivity index is 3.22. The van der Waals surface area contributed by atoms with E-state index in [1.807, 2.05) is 6.07 Å². The van der Waals surface area contributed by atoms with Gasteiger partial charge in [-0.3, -0.25) is 10.1 Å². The zero-order chi connectivity index (χ0) is 13.7. The number of carboxylic acid groups (broad SMARTS) is 1. The first kappa shape index (κ1) is 13.6. The van der Waals surface area contributed by atoms with Crippen molar-refractivity contribution in [1.82, 2.24) is 0 Å². The highest BCUT2D eigenvalue weighted by Gasteiger charge is 2.22. The molecule has 2 N–H and O–H groups in total. The lowest BCUT2D eigenvalue weighted by Gasteiger charge is -2.11. The van der Waals surface area contributed by atoms with E-state index < -0.39 is 17.0 Å². The molecule has 0 saturated carbocycles. The molecule has 0 heterocycles. The van der Waals surface area contributed by atoms with Gasteiger partial charge in [-0.1, -0.05) is 6.07 Å². The summed E-state index contributed by atoms with van der Waals surface area (Å²) >= 11 is 0. The van der Waals surface area contributed by atoms with Gasteiger partial charge in [0.15, 0.2) is 6.10 Å². The number of aryl methyl sites for hydroxylation is 1. The maximum absolute atomic E-state index is 10.7. The molecule has 7 heteroatoms. The number of nitrogens with zero attached hydrogens (tertiary/aromatic N) is 2. The first-order valence-electron chi connectivity index (χ1n) is 5.02. The number of aliphatic carboxylic acids is 1. The molecule has 1 aromatic carbocycles. The zero-order valence-electron chi connectivity index (χ0n) is 9.24. The summed E-state index contributed by atoms with van der Waals surface area (Å²) in [5, 5.41) is 37.3. The van der Waals surface area contributed by atoms with E-state index in [9.17, 15) is 20.0 Å². The second-order valence-electron chi connectivity index (χ2n) is 3.54. The van der Waals surface area contributed by atoms with E-state index in [0.717, 1.165) is 6.07 Å². The number of non-ortho nitro benzene ring substituents is 1. The lowest BCUT2D eigenvalue weighted by molar-refractivity contribution is -0.385. The highest BCUT2D eigenvalue weighted by Crippen LogP contribution is 2.25. The summed E-state index contributed by atoms with van der Waals surface area (Å²) in [7, 11) is 0. The number of aliphatic hydroxyl groups is 1. The average molecular weight is 250 g/mol. The van der Waals surface area contributed by atoms with Crippen LogP contribution in [0.25, 0.3) is 0 Å². The fourth-order valence-corrected chi connectivity index (χ4v) is 1.50. The lowest BCUT2D eigenvalue weighted by Crippen LogP contribution is -2.13. The molecular formula is C11H10N2O5. The molecule has 0 aromatic heterocycles. The average Bonchev–Trinajstić information content (AvgIpc) is 2.34. The van der Waals surface area contributed by atoms with Crippen molar-refractivity contribution < 1.29 is 19.9 Å². The summed E-state index contributed by atoms with van der Waals surface area (Å²) in [5.41, 5.74) is 0.0648. The Morgan fingerprint density at radius 2 is 2.22 bits per heavy atom. The number of benzene rings is 1. The Hall–Kier alpha value is -2.46. The van der Waals surface area contributed by atoms with Gasteiger partial charge in [0.1, 0.15) is 0 Å². The number of nitro benzene ring substituents is 1. The van der Waals surface area contributed by atoms with Gasteiger partial charge < -0.3 is 10.2 Å². The maximum Gasteiger partial charge on any atom is 0.337 e. The Morgan fingerprint density at radius 3 is 2.72 bits per heavy atom. The molecular weight excluding hydrogens is 240 g/mol. The molecule has 18 heavy (non-hydrogen) atoms. The fourth-order valence-electron chi connectivity index (χ4n) is 1.50. The second-order valence-corrected chi connectivity index (χ2v) is 3.54. The van der Waals surface area contributed by atoms with Gasteiger partial charge in [-0.15, -0.1) is 0 Å². The van der Waals surface area contributed by atoms with Gasteiger partial charge >= 0.3 is 5.97 Å². The summed E-state index contributed by atoms with van der Waals surface area (Å²) in [5.74, 6) is -1.49. The monoisotopic (exact) mass is 250 g/mol. The van der Waals surface area contributed by atoms with Crippen LogP contribution in [0.2, 0.25) is 0 Å². The largest absolute Gasteiger partial charge is 0.479 e. The van der Waals surface area contributed by atoms with Crippen molar-refractivity contribution >= 4 is 11.7 Å². The highest BCUT2D eigenvalue weighted by atomic mass is 16.6. The minimum atomic E-state index is -1.83. The van der Waals surface area contributed by atoms with Crippen molar-refractivity contribution in [3.8, 4) is 6.07 Å². The molecule has 7 nitrogen and oxygen atoms in total. The first-order chi connectivity index (χ1) is 8.47. The molecule has 0 bridgehead atoms. The number of hydrogen-bond donors (Lipinski definition) is 2. The van der Waals surface area contributed by atoms with Crippen LogP contribution < -0.4 is 0 Å². The van der Waals surface area contributed by atoms with Crippen LogP contribution >= 0.6 is 0 Å². The van der Waals surface area contributed by atoms with Gasteiger partial charge in [-0.05, 0) is 12.0 Å². The number of nitro groups is 1. The topological polar surface area (TPSA) is 124 Å². The predicted octanol–water partition coefficient (Wildman–Crippen LogP) is 1.17. The standard InChI is InChI=1S/C11H10N2O5/c12-5-1-2-7-3-4-8(13(17)18)6-9(7)10(14)11(15)16/h3-4,6,10,14H,1-2H2,(H,15,16). The number of hydrogen-bond acceptors (Lipinski definition) is 5. The van der Waals surface area contributed by atoms with Crippen LogP contribution in [0.1, 0.15) is 23.7 Å². The van der Waals surface area contributed by atoms with Crippen molar-refractivity contribution in [3.63, 3.8) is 0 Å². The second kappa shape index (κ2) is 5.75. The van der Waals surface area contributed by atoms with Crippen LogP contribution in [0.5, 0.6) is 0 Å². The van der Waals surface area contributed by atoms with Crippen LogP contribution in [-0.2, 0) is 11.2 Å². The van der Waals surface area contributed by atoms with Gasteiger partial charge in [0.2, 0.25) is 0 Å². The van der Waals surface area contributed by atoms with E-state index in [1.165, 1.54) is 12.1 Å². The van der Waals surface area contributed by atoms with Crippen molar-refractivity contribution in [2.75, 3.05) is 0 Å². The van der Waals surface area contributed by atoms with E-state index >= 15 is 0 Å². The summed E-state index contributed by atoms with van der Waals surface area (Å²) in [6.07, 6.45) is -1.47. The maximum atomic E-state index is 10.7. The molecule has 0 spiro atoms. The van der Waals surface area contributed by atoms with Gasteiger partial charge in [0, 0.05) is 24.1 Å². The Kier molecular flexibility index (Phi) is 4.34. The fraction of sp³-hybridized carbons (Fsp3) is 0.273. The van der Waals surface area contributed by atoms with Gasteiger partial charge in [0.25, 0.3) is 5.69 Å². The number of carbonyl (C=O) groups is 1. The minimum absolute atomic E-state index is 0.0491. The third-order valence-corrected chi connectivity index (χ3v) is 2.37. The lowest BCUT2D eigenvalue weighted by atomic mass is 9.98. The Morgan fingerprint density at radius 1 is 1.56 bits per heavy atom. The molecule has 1 rings (SSSR count). The number of rotatable bonds is 5. The van der Waals surface area contributed by atoms with E-state index in [-0.39, 0.29) is 24.1 Å². The molecule has 0 radical (unpaired) electrons. The first-order valence-corrected chi connectivity index (χ1v) is 5.02. The molecule has 1 atom stereocenters. The third kappa shape index (κ3) is 3.02. The Labute approximate surface area is 102 Å². The highest BCUT2D eigenvalue weighted by molar-refractivity contribution is 5.75. The van der Waals surface area contributed by atoms with E-state index in [2.05, 4.69) is 0 Å². The summed E-state index contributed by atoms with van der Waals surface area (Å²) in [6.45, 7) is 0. The van der Waals surface area contributed by atoms with Crippen molar-refractivity contribution in [2.24, 2.45) is 0 Å². The molecule has 0 aliphatic rings. The van der Waals surface area contributed by atoms with Gasteiger partial charge in [0.05, 0.1) is 11.0 Å². The van der Waals surface area contributed by atoms with Crippen molar-refractivity contribution in [2.45, 2.75) is 18.9 Å². The van der Waals surface area contributed by atoms with Gasteiger partial charge in [-0.25, -0.2) is 4.79 Å². The van der Waals surface area contributed by atoms with Crippen molar-refractivity contribution in [3.05, 3.63) is 39.4 Å². The SMILES string of the molecule is N#CCCc1ccc([N+](=O)[O-])cc1C(O)C(=O)O. The molecule has 0 fully saturated rings. The van der Waals surface area contributed by atoms with Crippen molar-refractivity contribution in [1.29, 1.82) is 5.26 Å². The normalized spacial score (nSPS) is 11.6. The zero-order valence-corrected chi connectivity index (χ0v) is 9.24. The number of aliphatic hydroxyl groups excluding tert-OH is 1. The molecule has 94 valence electrons. The molecule has 0 saturated heterocycles. The smallest absolute Gasteiger partial charge is 0.337 e. The predicted molar refractivity (Wildman–Crippen MR) is 59.6 cm³/mol. The van der Waals surface area contributed by atoms with E-state index in [1.54, 1.807) is 0 Å². The minimum Gasteiger partial charge on any atom is -0.479 e. The quantitative estimate of drug-likeness (QED) is 0.596. The number of carboxylic acids is 1.